The van der Waals surface area contributed by atoms with Gasteiger partial charge in [-0.2, -0.15) is 0 Å². The van der Waals surface area contributed by atoms with Crippen molar-refractivity contribution in [2.45, 2.75) is 26.3 Å². The summed E-state index contributed by atoms with van der Waals surface area (Å²) < 4.78 is 0. The molecule has 1 unspecified atom stereocenters. The fraction of sp³-hybridized carbons (Fsp3) is 0.320. The molecule has 6 nitrogen and oxygen atoms in total. The number of aromatic nitrogens is 1. The summed E-state index contributed by atoms with van der Waals surface area (Å²) in [6, 6.07) is 15.5. The summed E-state index contributed by atoms with van der Waals surface area (Å²) in [5.74, 6) is -1.34. The van der Waals surface area contributed by atoms with E-state index in [2.05, 4.69) is 4.98 Å². The molecule has 6 heteroatoms. The van der Waals surface area contributed by atoms with Crippen LogP contribution in [0.3, 0.4) is 0 Å². The van der Waals surface area contributed by atoms with Gasteiger partial charge in [-0.3, -0.25) is 14.4 Å². The van der Waals surface area contributed by atoms with Crippen LogP contribution in [0.4, 0.5) is 0 Å². The highest BCUT2D eigenvalue weighted by Crippen LogP contribution is 2.24. The van der Waals surface area contributed by atoms with Gasteiger partial charge < -0.3 is 14.8 Å². The molecule has 0 aliphatic carbocycles. The summed E-state index contributed by atoms with van der Waals surface area (Å²) in [6.07, 6.45) is 3.04. The molecule has 0 spiro atoms. The maximum Gasteiger partial charge on any atom is 0.295 e. The molecular formula is C25H27N3O3. The Balaban J connectivity index is 1.45. The SMILES string of the molecule is Cc1cccc2c(C(=O)C(=O)N3CCCC(C(=O)N(C)Cc4ccccc4)C3)c[nH]c12. The number of H-pyrrole nitrogens is 1. The van der Waals surface area contributed by atoms with Gasteiger partial charge in [0.2, 0.25) is 5.91 Å². The van der Waals surface area contributed by atoms with Crippen LogP contribution in [0.25, 0.3) is 10.9 Å². The maximum atomic E-state index is 13.0. The summed E-state index contributed by atoms with van der Waals surface area (Å²) in [5.41, 5.74) is 3.34. The Bertz CT molecular complexity index is 1120. The van der Waals surface area contributed by atoms with E-state index >= 15 is 0 Å². The Morgan fingerprint density at radius 2 is 1.87 bits per heavy atom. The van der Waals surface area contributed by atoms with Crippen molar-refractivity contribution in [2.24, 2.45) is 5.92 Å². The van der Waals surface area contributed by atoms with Crippen LogP contribution in [0.2, 0.25) is 0 Å². The number of piperidine rings is 1. The first-order valence-corrected chi connectivity index (χ1v) is 10.6. The number of fused-ring (bicyclic) bond motifs is 1. The zero-order valence-corrected chi connectivity index (χ0v) is 17.9. The van der Waals surface area contributed by atoms with E-state index in [0.29, 0.717) is 25.1 Å². The lowest BCUT2D eigenvalue weighted by Gasteiger charge is -2.33. The first-order valence-electron chi connectivity index (χ1n) is 10.6. The highest BCUT2D eigenvalue weighted by molar-refractivity contribution is 6.44. The van der Waals surface area contributed by atoms with Gasteiger partial charge in [-0.15, -0.1) is 0 Å². The number of aromatic amines is 1. The van der Waals surface area contributed by atoms with Crippen LogP contribution < -0.4 is 0 Å². The Kier molecular flexibility index (Phi) is 5.89. The van der Waals surface area contributed by atoms with E-state index in [1.54, 1.807) is 23.0 Å². The number of nitrogens with one attached hydrogen (secondary N) is 1. The number of para-hydroxylation sites is 1. The van der Waals surface area contributed by atoms with Crippen molar-refractivity contribution >= 4 is 28.5 Å². The van der Waals surface area contributed by atoms with Gasteiger partial charge in [-0.25, -0.2) is 0 Å². The lowest BCUT2D eigenvalue weighted by Crippen LogP contribution is -2.47. The van der Waals surface area contributed by atoms with Crippen molar-refractivity contribution in [3.63, 3.8) is 0 Å². The summed E-state index contributed by atoms with van der Waals surface area (Å²) in [7, 11) is 1.79. The highest BCUT2D eigenvalue weighted by atomic mass is 16.2. The smallest absolute Gasteiger partial charge is 0.295 e. The van der Waals surface area contributed by atoms with E-state index in [4.69, 9.17) is 0 Å². The molecule has 2 heterocycles. The van der Waals surface area contributed by atoms with E-state index in [9.17, 15) is 14.4 Å². The molecule has 160 valence electrons. The molecule has 1 saturated heterocycles. The van der Waals surface area contributed by atoms with Crippen LogP contribution in [-0.4, -0.2) is 52.5 Å². The molecule has 0 radical (unpaired) electrons. The third-order valence-corrected chi connectivity index (χ3v) is 6.06. The van der Waals surface area contributed by atoms with E-state index < -0.39 is 11.7 Å². The minimum atomic E-state index is -0.536. The molecular weight excluding hydrogens is 390 g/mol. The molecule has 2 aromatic carbocycles. The number of amides is 2. The highest BCUT2D eigenvalue weighted by Gasteiger charge is 2.33. The van der Waals surface area contributed by atoms with Crippen LogP contribution in [0, 0.1) is 12.8 Å². The van der Waals surface area contributed by atoms with Gasteiger partial charge >= 0.3 is 0 Å². The van der Waals surface area contributed by atoms with Gasteiger partial charge in [0, 0.05) is 43.8 Å². The summed E-state index contributed by atoms with van der Waals surface area (Å²) in [4.78, 5) is 45.3. The first kappa shape index (κ1) is 20.8. The van der Waals surface area contributed by atoms with Crippen molar-refractivity contribution in [1.82, 2.24) is 14.8 Å². The predicted molar refractivity (Wildman–Crippen MR) is 120 cm³/mol. The van der Waals surface area contributed by atoms with E-state index in [1.807, 2.05) is 55.5 Å². The van der Waals surface area contributed by atoms with Crippen LogP contribution in [0.1, 0.15) is 34.3 Å². The molecule has 1 aliphatic rings. The van der Waals surface area contributed by atoms with Gasteiger partial charge in [-0.1, -0.05) is 48.5 Å². The van der Waals surface area contributed by atoms with Gasteiger partial charge in [-0.05, 0) is 30.9 Å². The van der Waals surface area contributed by atoms with Crippen LogP contribution in [0.15, 0.2) is 54.7 Å². The third kappa shape index (κ3) is 4.24. The molecule has 1 N–H and O–H groups in total. The normalized spacial score (nSPS) is 16.3. The number of Topliss-reactive ketones (excluding diaryl/α,β-unsaturated/α-hetero) is 1. The van der Waals surface area contributed by atoms with E-state index in [-0.39, 0.29) is 18.4 Å². The first-order chi connectivity index (χ1) is 15.0. The van der Waals surface area contributed by atoms with Gasteiger partial charge in [0.1, 0.15) is 0 Å². The molecule has 3 aromatic rings. The molecule has 31 heavy (non-hydrogen) atoms. The maximum absolute atomic E-state index is 13.0. The zero-order chi connectivity index (χ0) is 22.0. The molecule has 1 atom stereocenters. The molecule has 0 bridgehead atoms. The number of ketones is 1. The second kappa shape index (κ2) is 8.76. The van der Waals surface area contributed by atoms with Crippen LogP contribution in [0.5, 0.6) is 0 Å². The number of rotatable bonds is 5. The second-order valence-electron chi connectivity index (χ2n) is 8.30. The topological polar surface area (TPSA) is 73.5 Å². The zero-order valence-electron chi connectivity index (χ0n) is 17.9. The lowest BCUT2D eigenvalue weighted by atomic mass is 9.95. The fourth-order valence-corrected chi connectivity index (χ4v) is 4.36. The number of benzene rings is 2. The minimum Gasteiger partial charge on any atom is -0.360 e. The average molecular weight is 418 g/mol. The summed E-state index contributed by atoms with van der Waals surface area (Å²) in [5, 5.41) is 0.755. The minimum absolute atomic E-state index is 0.0107. The van der Waals surface area contributed by atoms with Crippen LogP contribution >= 0.6 is 0 Å². The number of likely N-dealkylation sites (tertiary alicyclic amines) is 1. The second-order valence-corrected chi connectivity index (χ2v) is 8.30. The number of hydrogen-bond acceptors (Lipinski definition) is 3. The van der Waals surface area contributed by atoms with Crippen molar-refractivity contribution in [3.8, 4) is 0 Å². The predicted octanol–water partition coefficient (Wildman–Crippen LogP) is 3.56. The average Bonchev–Trinajstić information content (AvgIpc) is 3.24. The van der Waals surface area contributed by atoms with E-state index in [0.717, 1.165) is 28.5 Å². The Morgan fingerprint density at radius 3 is 2.65 bits per heavy atom. The number of carbonyl (C=O) groups is 3. The lowest BCUT2D eigenvalue weighted by molar-refractivity contribution is -0.138. The quantitative estimate of drug-likeness (QED) is 0.510. The van der Waals surface area contributed by atoms with E-state index in [1.165, 1.54) is 0 Å². The Labute approximate surface area is 181 Å². The number of carbonyl (C=O) groups excluding carboxylic acids is 3. The Morgan fingerprint density at radius 1 is 1.10 bits per heavy atom. The van der Waals surface area contributed by atoms with Crippen molar-refractivity contribution in [3.05, 3.63) is 71.4 Å². The standard InChI is InChI=1S/C25H27N3O3/c1-17-8-6-12-20-21(14-26-22(17)20)23(29)25(31)28-13-7-11-19(16-28)24(30)27(2)15-18-9-4-3-5-10-18/h3-6,8-10,12,14,19,26H,7,11,13,15-16H2,1-2H3. The summed E-state index contributed by atoms with van der Waals surface area (Å²) in [6.45, 7) is 3.27. The monoisotopic (exact) mass is 417 g/mol. The van der Waals surface area contributed by atoms with Gasteiger partial charge in [0.05, 0.1) is 11.5 Å². The molecule has 1 aromatic heterocycles. The Hall–Kier alpha value is -3.41. The molecule has 1 fully saturated rings. The molecule has 2 amide bonds. The van der Waals surface area contributed by atoms with Crippen molar-refractivity contribution in [2.75, 3.05) is 20.1 Å². The number of aryl methyl sites for hydroxylation is 1. The largest absolute Gasteiger partial charge is 0.360 e. The fourth-order valence-electron chi connectivity index (χ4n) is 4.36. The van der Waals surface area contributed by atoms with Crippen molar-refractivity contribution < 1.29 is 14.4 Å². The van der Waals surface area contributed by atoms with Crippen molar-refractivity contribution in [1.29, 1.82) is 0 Å². The van der Waals surface area contributed by atoms with Crippen LogP contribution in [-0.2, 0) is 16.1 Å². The van der Waals surface area contributed by atoms with Gasteiger partial charge in [0.25, 0.3) is 11.7 Å². The molecule has 1 aliphatic heterocycles. The number of nitrogens with zero attached hydrogens (tertiary/aromatic N) is 2. The van der Waals surface area contributed by atoms with Gasteiger partial charge in [0.15, 0.2) is 0 Å². The number of hydrogen-bond donors (Lipinski definition) is 1. The third-order valence-electron chi connectivity index (χ3n) is 6.06. The summed E-state index contributed by atoms with van der Waals surface area (Å²) >= 11 is 0. The molecule has 4 rings (SSSR count). The molecule has 0 saturated carbocycles.